The van der Waals surface area contributed by atoms with Gasteiger partial charge in [0.1, 0.15) is 0 Å². The molecule has 2 rings (SSSR count). The van der Waals surface area contributed by atoms with E-state index in [9.17, 15) is 5.11 Å². The summed E-state index contributed by atoms with van der Waals surface area (Å²) in [6, 6.07) is 4.92. The molecule has 0 heterocycles. The lowest BCUT2D eigenvalue weighted by molar-refractivity contribution is 0.0559. The van der Waals surface area contributed by atoms with Crippen molar-refractivity contribution in [3.8, 4) is 0 Å². The van der Waals surface area contributed by atoms with E-state index in [1.807, 2.05) is 6.92 Å². The highest BCUT2D eigenvalue weighted by atomic mass is 16.3. The van der Waals surface area contributed by atoms with Crippen LogP contribution in [-0.4, -0.2) is 17.7 Å². The van der Waals surface area contributed by atoms with Crippen LogP contribution in [0, 0.1) is 20.8 Å². The van der Waals surface area contributed by atoms with E-state index in [2.05, 4.69) is 38.2 Å². The van der Waals surface area contributed by atoms with E-state index in [1.54, 1.807) is 0 Å². The van der Waals surface area contributed by atoms with Crippen molar-refractivity contribution in [2.45, 2.75) is 52.2 Å². The lowest BCUT2D eigenvalue weighted by atomic mass is 9.89. The minimum atomic E-state index is -0.773. The van der Waals surface area contributed by atoms with Crippen LogP contribution in [0.4, 0.5) is 0 Å². The third-order valence-corrected chi connectivity index (χ3v) is 3.73. The Balaban J connectivity index is 2.20. The standard InChI is InChI=1S/C15H23NO/c1-10-7-12(3)14(8-11(10)2)15(4,17)9-16-13-5-6-13/h7-8,13,16-17H,5-6,9H2,1-4H3. The third-order valence-electron chi connectivity index (χ3n) is 3.73. The molecule has 1 unspecified atom stereocenters. The minimum absolute atomic E-state index is 0.633. The summed E-state index contributed by atoms with van der Waals surface area (Å²) in [4.78, 5) is 0. The number of hydrogen-bond acceptors (Lipinski definition) is 2. The number of hydrogen-bond donors (Lipinski definition) is 2. The predicted molar refractivity (Wildman–Crippen MR) is 71.2 cm³/mol. The first-order valence-corrected chi connectivity index (χ1v) is 6.44. The van der Waals surface area contributed by atoms with Crippen molar-refractivity contribution < 1.29 is 5.11 Å². The molecule has 1 saturated carbocycles. The fourth-order valence-electron chi connectivity index (χ4n) is 2.27. The van der Waals surface area contributed by atoms with Gasteiger partial charge in [-0.25, -0.2) is 0 Å². The Labute approximate surface area is 104 Å². The molecule has 2 N–H and O–H groups in total. The molecule has 0 radical (unpaired) electrons. The van der Waals surface area contributed by atoms with Crippen LogP contribution in [0.15, 0.2) is 12.1 Å². The highest BCUT2D eigenvalue weighted by Crippen LogP contribution is 2.28. The van der Waals surface area contributed by atoms with Gasteiger partial charge in [0, 0.05) is 12.6 Å². The van der Waals surface area contributed by atoms with Crippen molar-refractivity contribution in [3.63, 3.8) is 0 Å². The van der Waals surface area contributed by atoms with Gasteiger partial charge in [0.2, 0.25) is 0 Å². The fraction of sp³-hybridized carbons (Fsp3) is 0.600. The summed E-state index contributed by atoms with van der Waals surface area (Å²) in [5, 5.41) is 14.0. The highest BCUT2D eigenvalue weighted by molar-refractivity contribution is 5.39. The van der Waals surface area contributed by atoms with Gasteiger partial charge in [-0.3, -0.25) is 0 Å². The summed E-state index contributed by atoms with van der Waals surface area (Å²) < 4.78 is 0. The van der Waals surface area contributed by atoms with E-state index in [-0.39, 0.29) is 0 Å². The molecule has 2 nitrogen and oxygen atoms in total. The van der Waals surface area contributed by atoms with Gasteiger partial charge in [-0.1, -0.05) is 12.1 Å². The number of aliphatic hydroxyl groups is 1. The van der Waals surface area contributed by atoms with Gasteiger partial charge in [-0.2, -0.15) is 0 Å². The van der Waals surface area contributed by atoms with Crippen molar-refractivity contribution in [2.75, 3.05) is 6.54 Å². The van der Waals surface area contributed by atoms with Gasteiger partial charge < -0.3 is 10.4 Å². The van der Waals surface area contributed by atoms with Crippen LogP contribution in [0.3, 0.4) is 0 Å². The van der Waals surface area contributed by atoms with Crippen LogP contribution in [0.5, 0.6) is 0 Å². The molecule has 1 aromatic rings. The van der Waals surface area contributed by atoms with Crippen LogP contribution >= 0.6 is 0 Å². The van der Waals surface area contributed by atoms with E-state index in [4.69, 9.17) is 0 Å². The van der Waals surface area contributed by atoms with Crippen LogP contribution in [0.1, 0.15) is 42.0 Å². The zero-order valence-electron chi connectivity index (χ0n) is 11.3. The Morgan fingerprint density at radius 3 is 2.35 bits per heavy atom. The number of aryl methyl sites for hydroxylation is 3. The third kappa shape index (κ3) is 2.88. The maximum atomic E-state index is 10.6. The first-order chi connectivity index (χ1) is 7.90. The first kappa shape index (κ1) is 12.6. The second kappa shape index (κ2) is 4.43. The molecule has 1 fully saturated rings. The Kier molecular flexibility index (Phi) is 3.28. The van der Waals surface area contributed by atoms with Gasteiger partial charge in [0.05, 0.1) is 5.60 Å². The molecular formula is C15H23NO. The van der Waals surface area contributed by atoms with E-state index in [1.165, 1.54) is 29.5 Å². The van der Waals surface area contributed by atoms with Gasteiger partial charge in [0.25, 0.3) is 0 Å². The SMILES string of the molecule is Cc1cc(C)c(C(C)(O)CNC2CC2)cc1C. The number of nitrogens with one attached hydrogen (secondary N) is 1. The molecule has 1 aliphatic carbocycles. The largest absolute Gasteiger partial charge is 0.384 e. The minimum Gasteiger partial charge on any atom is -0.384 e. The summed E-state index contributed by atoms with van der Waals surface area (Å²) in [5.74, 6) is 0. The molecule has 0 aromatic heterocycles. The highest BCUT2D eigenvalue weighted by Gasteiger charge is 2.29. The Bertz CT molecular complexity index is 419. The average molecular weight is 233 g/mol. The van der Waals surface area contributed by atoms with E-state index in [0.717, 1.165) is 5.56 Å². The number of rotatable bonds is 4. The van der Waals surface area contributed by atoms with Gasteiger partial charge in [-0.15, -0.1) is 0 Å². The topological polar surface area (TPSA) is 32.3 Å². The molecule has 17 heavy (non-hydrogen) atoms. The fourth-order valence-corrected chi connectivity index (χ4v) is 2.27. The summed E-state index contributed by atoms with van der Waals surface area (Å²) in [5.41, 5.74) is 3.99. The zero-order chi connectivity index (χ0) is 12.6. The normalized spacial score (nSPS) is 19.1. The van der Waals surface area contributed by atoms with Gasteiger partial charge in [-0.05, 0) is 62.8 Å². The maximum absolute atomic E-state index is 10.6. The van der Waals surface area contributed by atoms with E-state index < -0.39 is 5.60 Å². The molecule has 2 heteroatoms. The first-order valence-electron chi connectivity index (χ1n) is 6.44. The lowest BCUT2D eigenvalue weighted by Gasteiger charge is -2.27. The average Bonchev–Trinajstić information content (AvgIpc) is 3.04. The van der Waals surface area contributed by atoms with Crippen LogP contribution in [-0.2, 0) is 5.60 Å². The van der Waals surface area contributed by atoms with Gasteiger partial charge in [0.15, 0.2) is 0 Å². The second-order valence-electron chi connectivity index (χ2n) is 5.68. The smallest absolute Gasteiger partial charge is 0.0995 e. The van der Waals surface area contributed by atoms with Gasteiger partial charge >= 0.3 is 0 Å². The lowest BCUT2D eigenvalue weighted by Crippen LogP contribution is -2.37. The zero-order valence-corrected chi connectivity index (χ0v) is 11.3. The molecule has 0 spiro atoms. The molecule has 94 valence electrons. The van der Waals surface area contributed by atoms with E-state index in [0.29, 0.717) is 12.6 Å². The molecule has 1 aromatic carbocycles. The maximum Gasteiger partial charge on any atom is 0.0995 e. The molecule has 0 aliphatic heterocycles. The monoisotopic (exact) mass is 233 g/mol. The van der Waals surface area contributed by atoms with Crippen LogP contribution in [0.25, 0.3) is 0 Å². The van der Waals surface area contributed by atoms with Crippen LogP contribution < -0.4 is 5.32 Å². The summed E-state index contributed by atoms with van der Waals surface area (Å²) >= 11 is 0. The van der Waals surface area contributed by atoms with Crippen molar-refractivity contribution in [2.24, 2.45) is 0 Å². The molecule has 1 atom stereocenters. The van der Waals surface area contributed by atoms with Crippen molar-refractivity contribution in [1.82, 2.24) is 5.32 Å². The van der Waals surface area contributed by atoms with Crippen molar-refractivity contribution in [3.05, 3.63) is 34.4 Å². The molecule has 0 amide bonds. The van der Waals surface area contributed by atoms with Crippen LogP contribution in [0.2, 0.25) is 0 Å². The van der Waals surface area contributed by atoms with Crippen molar-refractivity contribution >= 4 is 0 Å². The molecule has 0 saturated heterocycles. The predicted octanol–water partition coefficient (Wildman–Crippen LogP) is 2.57. The molecule has 0 bridgehead atoms. The van der Waals surface area contributed by atoms with Crippen molar-refractivity contribution in [1.29, 1.82) is 0 Å². The second-order valence-corrected chi connectivity index (χ2v) is 5.68. The quantitative estimate of drug-likeness (QED) is 0.837. The summed E-state index contributed by atoms with van der Waals surface area (Å²) in [6.07, 6.45) is 2.50. The summed E-state index contributed by atoms with van der Waals surface area (Å²) in [6.45, 7) is 8.83. The Morgan fingerprint density at radius 1 is 1.18 bits per heavy atom. The van der Waals surface area contributed by atoms with E-state index >= 15 is 0 Å². The Morgan fingerprint density at radius 2 is 1.76 bits per heavy atom. The molecular weight excluding hydrogens is 210 g/mol. The summed E-state index contributed by atoms with van der Waals surface area (Å²) in [7, 11) is 0. The Hall–Kier alpha value is -0.860. The molecule has 1 aliphatic rings. The number of benzene rings is 1.